The Bertz CT molecular complexity index is 378. The Morgan fingerprint density at radius 1 is 1.19 bits per heavy atom. The zero-order valence-corrected chi connectivity index (χ0v) is 10.3. The van der Waals surface area contributed by atoms with Crippen LogP contribution in [0.25, 0.3) is 0 Å². The van der Waals surface area contributed by atoms with Crippen molar-refractivity contribution in [3.8, 4) is 0 Å². The highest BCUT2D eigenvalue weighted by atomic mass is 35.5. The van der Waals surface area contributed by atoms with Crippen molar-refractivity contribution in [2.75, 3.05) is 0 Å². The second kappa shape index (κ2) is 4.05. The monoisotopic (exact) mass is 235 g/mol. The lowest BCUT2D eigenvalue weighted by Crippen LogP contribution is -2.36. The van der Waals surface area contributed by atoms with Crippen molar-refractivity contribution in [1.29, 1.82) is 0 Å². The van der Waals surface area contributed by atoms with Gasteiger partial charge in [0.15, 0.2) is 0 Å². The van der Waals surface area contributed by atoms with E-state index in [1.807, 2.05) is 6.07 Å². The van der Waals surface area contributed by atoms with Crippen molar-refractivity contribution in [2.24, 2.45) is 0 Å². The van der Waals surface area contributed by atoms with Gasteiger partial charge in [-0.2, -0.15) is 0 Å². The maximum absolute atomic E-state index is 6.07. The highest BCUT2D eigenvalue weighted by Gasteiger charge is 2.45. The zero-order valence-electron chi connectivity index (χ0n) is 9.51. The van der Waals surface area contributed by atoms with E-state index in [-0.39, 0.29) is 5.54 Å². The van der Waals surface area contributed by atoms with Crippen molar-refractivity contribution >= 4 is 11.6 Å². The first-order valence-corrected chi connectivity index (χ1v) is 6.70. The SMILES string of the molecule is Clc1cccc(C2(NC3CCCC3)CC2)c1. The van der Waals surface area contributed by atoms with Crippen LogP contribution in [0.4, 0.5) is 0 Å². The molecule has 2 heteroatoms. The average molecular weight is 236 g/mol. The minimum absolute atomic E-state index is 0.264. The summed E-state index contributed by atoms with van der Waals surface area (Å²) >= 11 is 6.07. The van der Waals surface area contributed by atoms with Crippen molar-refractivity contribution in [3.05, 3.63) is 34.9 Å². The van der Waals surface area contributed by atoms with E-state index in [9.17, 15) is 0 Å². The molecule has 0 heterocycles. The standard InChI is InChI=1S/C14H18ClN/c15-12-5-3-4-11(10-12)14(8-9-14)16-13-6-1-2-7-13/h3-5,10,13,16H,1-2,6-9H2. The Morgan fingerprint density at radius 3 is 2.56 bits per heavy atom. The maximum Gasteiger partial charge on any atom is 0.0438 e. The highest BCUT2D eigenvalue weighted by molar-refractivity contribution is 6.30. The number of nitrogens with one attached hydrogen (secondary N) is 1. The summed E-state index contributed by atoms with van der Waals surface area (Å²) < 4.78 is 0. The molecule has 86 valence electrons. The molecule has 2 fully saturated rings. The van der Waals surface area contributed by atoms with E-state index >= 15 is 0 Å². The normalized spacial score (nSPS) is 23.6. The Balaban J connectivity index is 1.77. The molecule has 1 aromatic carbocycles. The topological polar surface area (TPSA) is 12.0 Å². The van der Waals surface area contributed by atoms with Crippen LogP contribution in [0, 0.1) is 0 Å². The Labute approximate surface area is 102 Å². The van der Waals surface area contributed by atoms with Gasteiger partial charge in [-0.25, -0.2) is 0 Å². The van der Waals surface area contributed by atoms with Crippen molar-refractivity contribution in [3.63, 3.8) is 0 Å². The summed E-state index contributed by atoms with van der Waals surface area (Å²) in [6, 6.07) is 9.09. The predicted molar refractivity (Wildman–Crippen MR) is 67.8 cm³/mol. The second-order valence-electron chi connectivity index (χ2n) is 5.22. The minimum atomic E-state index is 0.264. The number of halogens is 1. The van der Waals surface area contributed by atoms with Crippen LogP contribution in [0.3, 0.4) is 0 Å². The van der Waals surface area contributed by atoms with Crippen molar-refractivity contribution in [2.45, 2.75) is 50.1 Å². The van der Waals surface area contributed by atoms with Crippen LogP contribution < -0.4 is 5.32 Å². The first-order valence-electron chi connectivity index (χ1n) is 6.32. The molecular formula is C14H18ClN. The summed E-state index contributed by atoms with van der Waals surface area (Å²) in [7, 11) is 0. The van der Waals surface area contributed by atoms with Gasteiger partial charge in [0.05, 0.1) is 0 Å². The molecule has 0 radical (unpaired) electrons. The summed E-state index contributed by atoms with van der Waals surface area (Å²) in [5, 5.41) is 4.71. The molecule has 0 aliphatic heterocycles. The highest BCUT2D eigenvalue weighted by Crippen LogP contribution is 2.47. The summed E-state index contributed by atoms with van der Waals surface area (Å²) in [6.45, 7) is 0. The molecule has 16 heavy (non-hydrogen) atoms. The fourth-order valence-corrected chi connectivity index (χ4v) is 3.08. The molecule has 2 aliphatic carbocycles. The number of hydrogen-bond acceptors (Lipinski definition) is 1. The molecule has 0 aromatic heterocycles. The Hall–Kier alpha value is -0.530. The van der Waals surface area contributed by atoms with E-state index in [2.05, 4.69) is 23.5 Å². The number of benzene rings is 1. The second-order valence-corrected chi connectivity index (χ2v) is 5.65. The smallest absolute Gasteiger partial charge is 0.0438 e. The van der Waals surface area contributed by atoms with Crippen LogP contribution in [-0.4, -0.2) is 6.04 Å². The van der Waals surface area contributed by atoms with Gasteiger partial charge in [-0.1, -0.05) is 36.6 Å². The summed E-state index contributed by atoms with van der Waals surface area (Å²) in [5.74, 6) is 0. The van der Waals surface area contributed by atoms with Crippen molar-refractivity contribution < 1.29 is 0 Å². The summed E-state index contributed by atoms with van der Waals surface area (Å²) in [5.41, 5.74) is 1.65. The van der Waals surface area contributed by atoms with Gasteiger partial charge >= 0.3 is 0 Å². The van der Waals surface area contributed by atoms with Crippen molar-refractivity contribution in [1.82, 2.24) is 5.32 Å². The third-order valence-corrected chi connectivity index (χ3v) is 4.20. The van der Waals surface area contributed by atoms with Crippen LogP contribution >= 0.6 is 11.6 Å². The summed E-state index contributed by atoms with van der Waals surface area (Å²) in [6.07, 6.45) is 8.02. The lowest BCUT2D eigenvalue weighted by atomic mass is 10.0. The minimum Gasteiger partial charge on any atom is -0.305 e. The predicted octanol–water partition coefficient (Wildman–Crippen LogP) is 3.86. The molecule has 0 saturated heterocycles. The van der Waals surface area contributed by atoms with E-state index in [4.69, 9.17) is 11.6 Å². The van der Waals surface area contributed by atoms with Crippen LogP contribution in [0.1, 0.15) is 44.1 Å². The zero-order chi connectivity index (χ0) is 11.0. The molecule has 2 aliphatic rings. The molecule has 0 unspecified atom stereocenters. The van der Waals surface area contributed by atoms with Gasteiger partial charge in [0.25, 0.3) is 0 Å². The first kappa shape index (κ1) is 10.6. The third kappa shape index (κ3) is 1.99. The lowest BCUT2D eigenvalue weighted by molar-refractivity contribution is 0.424. The van der Waals surface area contributed by atoms with Gasteiger partial charge < -0.3 is 5.32 Å². The molecule has 1 nitrogen and oxygen atoms in total. The van der Waals surface area contributed by atoms with Gasteiger partial charge in [0.1, 0.15) is 0 Å². The molecule has 0 amide bonds. The van der Waals surface area contributed by atoms with E-state index < -0.39 is 0 Å². The van der Waals surface area contributed by atoms with Crippen LogP contribution in [0.15, 0.2) is 24.3 Å². The lowest BCUT2D eigenvalue weighted by Gasteiger charge is -2.23. The Morgan fingerprint density at radius 2 is 1.94 bits per heavy atom. The molecular weight excluding hydrogens is 218 g/mol. The Kier molecular flexibility index (Phi) is 2.68. The molecule has 3 rings (SSSR count). The first-order chi connectivity index (χ1) is 7.78. The molecule has 0 spiro atoms. The molecule has 1 aromatic rings. The quantitative estimate of drug-likeness (QED) is 0.839. The molecule has 0 bridgehead atoms. The van der Waals surface area contributed by atoms with Crippen LogP contribution in [0.2, 0.25) is 5.02 Å². The van der Waals surface area contributed by atoms with Gasteiger partial charge in [0, 0.05) is 16.6 Å². The molecule has 1 N–H and O–H groups in total. The van der Waals surface area contributed by atoms with Gasteiger partial charge in [0.2, 0.25) is 0 Å². The molecule has 0 atom stereocenters. The fraction of sp³-hybridized carbons (Fsp3) is 0.571. The van der Waals surface area contributed by atoms with E-state index in [0.717, 1.165) is 11.1 Å². The number of hydrogen-bond donors (Lipinski definition) is 1. The maximum atomic E-state index is 6.07. The van der Waals surface area contributed by atoms with E-state index in [0.29, 0.717) is 0 Å². The van der Waals surface area contributed by atoms with Gasteiger partial charge in [-0.3, -0.25) is 0 Å². The summed E-state index contributed by atoms with van der Waals surface area (Å²) in [4.78, 5) is 0. The largest absolute Gasteiger partial charge is 0.305 e. The molecule has 2 saturated carbocycles. The third-order valence-electron chi connectivity index (χ3n) is 3.96. The van der Waals surface area contributed by atoms with E-state index in [1.165, 1.54) is 44.1 Å². The fourth-order valence-electron chi connectivity index (χ4n) is 2.89. The van der Waals surface area contributed by atoms with Crippen LogP contribution in [0.5, 0.6) is 0 Å². The van der Waals surface area contributed by atoms with Gasteiger partial charge in [-0.05, 0) is 43.4 Å². The number of rotatable bonds is 3. The van der Waals surface area contributed by atoms with Gasteiger partial charge in [-0.15, -0.1) is 0 Å². The van der Waals surface area contributed by atoms with Crippen LogP contribution in [-0.2, 0) is 5.54 Å². The van der Waals surface area contributed by atoms with E-state index in [1.54, 1.807) is 0 Å². The average Bonchev–Trinajstić information content (AvgIpc) is 2.87.